The zero-order valence-electron chi connectivity index (χ0n) is 18.9. The Kier molecular flexibility index (Phi) is 6.60. The molecule has 0 unspecified atom stereocenters. The first-order valence-electron chi connectivity index (χ1n) is 11.8. The molecule has 2 bridgehead atoms. The van der Waals surface area contributed by atoms with E-state index in [0.29, 0.717) is 12.5 Å². The molecule has 1 aromatic heterocycles. The van der Waals surface area contributed by atoms with Gasteiger partial charge < -0.3 is 9.22 Å². The van der Waals surface area contributed by atoms with Crippen LogP contribution in [0.1, 0.15) is 24.0 Å². The maximum atomic E-state index is 13.4. The quantitative estimate of drug-likeness (QED) is 0.393. The Morgan fingerprint density at radius 2 is 1.73 bits per heavy atom. The van der Waals surface area contributed by atoms with Gasteiger partial charge in [-0.2, -0.15) is 0 Å². The maximum Gasteiger partial charge on any atom is 0.415 e. The third-order valence-corrected chi connectivity index (χ3v) is 7.96. The van der Waals surface area contributed by atoms with Crippen molar-refractivity contribution in [2.45, 2.75) is 25.5 Å². The molecule has 3 aliphatic heterocycles. The summed E-state index contributed by atoms with van der Waals surface area (Å²) in [6.45, 7) is 4.79. The third-order valence-electron chi connectivity index (χ3n) is 7.07. The predicted molar refractivity (Wildman–Crippen MR) is 135 cm³/mol. The summed E-state index contributed by atoms with van der Waals surface area (Å²) >= 11 is 1.58. The second-order valence-corrected chi connectivity index (χ2v) is 10.2. The van der Waals surface area contributed by atoms with Crippen LogP contribution in [-0.4, -0.2) is 42.9 Å². The topological polar surface area (TPSA) is 29.5 Å². The molecule has 3 aliphatic rings. The van der Waals surface area contributed by atoms with Crippen molar-refractivity contribution < 1.29 is 14.0 Å². The van der Waals surface area contributed by atoms with Gasteiger partial charge in [0.05, 0.1) is 26.2 Å². The van der Waals surface area contributed by atoms with Gasteiger partial charge in [-0.05, 0) is 34.7 Å². The van der Waals surface area contributed by atoms with Crippen molar-refractivity contribution in [2.75, 3.05) is 31.1 Å². The zero-order chi connectivity index (χ0) is 22.5. The molecule has 0 saturated carbocycles. The minimum atomic E-state index is -0.224. The van der Waals surface area contributed by atoms with Gasteiger partial charge in [-0.1, -0.05) is 66.7 Å². The minimum absolute atomic E-state index is 0.0108. The Bertz CT molecular complexity index is 1060. The van der Waals surface area contributed by atoms with Gasteiger partial charge in [0, 0.05) is 18.8 Å². The van der Waals surface area contributed by atoms with Crippen LogP contribution in [0.4, 0.5) is 9.80 Å². The highest BCUT2D eigenvalue weighted by Crippen LogP contribution is 2.36. The number of rotatable bonds is 7. The molecule has 0 N–H and O–H groups in total. The highest BCUT2D eigenvalue weighted by molar-refractivity contribution is 7.14. The molecule has 4 nitrogen and oxygen atoms in total. The Hall–Kier alpha value is -2.89. The van der Waals surface area contributed by atoms with Crippen LogP contribution in [0.3, 0.4) is 0 Å². The van der Waals surface area contributed by atoms with Crippen LogP contribution in [-0.2, 0) is 11.3 Å². The van der Waals surface area contributed by atoms with Crippen LogP contribution in [0.15, 0.2) is 84.3 Å². The first-order valence-corrected chi connectivity index (χ1v) is 12.7. The average Bonchev–Trinajstić information content (AvgIpc) is 3.39. The maximum absolute atomic E-state index is 13.4. The molecule has 3 aromatic rings. The first kappa shape index (κ1) is 21.9. The van der Waals surface area contributed by atoms with Crippen molar-refractivity contribution in [3.63, 3.8) is 0 Å². The average molecular weight is 460 g/mol. The van der Waals surface area contributed by atoms with Gasteiger partial charge in [-0.25, -0.2) is 4.79 Å². The lowest BCUT2D eigenvalue weighted by atomic mass is 9.83. The summed E-state index contributed by atoms with van der Waals surface area (Å²) in [6.07, 6.45) is 6.55. The van der Waals surface area contributed by atoms with Crippen molar-refractivity contribution in [2.24, 2.45) is 5.92 Å². The number of piperidine rings is 3. The SMILES string of the molecule is O=C(O[C@H]1C[N+]2(CC=Cc3ccccc3)CCC1CC2)N(Cc1ccccc1)c1cccs1. The van der Waals surface area contributed by atoms with Crippen LogP contribution in [0, 0.1) is 5.92 Å². The van der Waals surface area contributed by atoms with Gasteiger partial charge in [0.1, 0.15) is 11.5 Å². The number of fused-ring (bicyclic) bond motifs is 3. The van der Waals surface area contributed by atoms with E-state index in [2.05, 4.69) is 48.6 Å². The van der Waals surface area contributed by atoms with E-state index in [1.807, 2.05) is 41.8 Å². The summed E-state index contributed by atoms with van der Waals surface area (Å²) in [5.41, 5.74) is 2.34. The molecule has 6 rings (SSSR count). The highest BCUT2D eigenvalue weighted by Gasteiger charge is 2.47. The normalized spacial score (nSPS) is 24.1. The van der Waals surface area contributed by atoms with Gasteiger partial charge in [-0.15, -0.1) is 11.3 Å². The highest BCUT2D eigenvalue weighted by atomic mass is 32.1. The summed E-state index contributed by atoms with van der Waals surface area (Å²) in [5.74, 6) is 0.481. The van der Waals surface area contributed by atoms with Crippen LogP contribution < -0.4 is 4.90 Å². The molecule has 33 heavy (non-hydrogen) atoms. The lowest BCUT2D eigenvalue weighted by molar-refractivity contribution is -0.941. The summed E-state index contributed by atoms with van der Waals surface area (Å²) in [6, 6.07) is 24.6. The molecule has 3 fully saturated rings. The predicted octanol–water partition coefficient (Wildman–Crippen LogP) is 6.21. The third kappa shape index (κ3) is 5.21. The molecule has 170 valence electrons. The Balaban J connectivity index is 1.26. The largest absolute Gasteiger partial charge is 0.439 e. The Labute approximate surface area is 200 Å². The standard InChI is InChI=1S/C28H31N2O2S/c31-28(29(27-14-8-20-33-27)21-24-11-5-2-6-12-24)32-26-22-30(18-15-25(26)16-19-30)17-7-13-23-9-3-1-4-10-23/h1-14,20,25-26H,15-19,21-22H2/q+1/t25?,26-,30?/m0/s1. The van der Waals surface area contributed by atoms with Gasteiger partial charge >= 0.3 is 6.09 Å². The Morgan fingerprint density at radius 3 is 2.42 bits per heavy atom. The second kappa shape index (κ2) is 9.94. The number of thiophene rings is 1. The number of ether oxygens (including phenoxy) is 1. The van der Waals surface area contributed by atoms with Crippen LogP contribution in [0.25, 0.3) is 6.08 Å². The number of anilines is 1. The Morgan fingerprint density at radius 1 is 1.00 bits per heavy atom. The lowest BCUT2D eigenvalue weighted by Gasteiger charge is -2.51. The molecule has 3 saturated heterocycles. The smallest absolute Gasteiger partial charge is 0.415 e. The summed E-state index contributed by atoms with van der Waals surface area (Å²) in [4.78, 5) is 15.2. The lowest BCUT2D eigenvalue weighted by Crippen LogP contribution is -2.64. The number of nitrogens with zero attached hydrogens (tertiary/aromatic N) is 2. The molecule has 2 aromatic carbocycles. The van der Waals surface area contributed by atoms with E-state index in [1.165, 1.54) is 18.7 Å². The van der Waals surface area contributed by atoms with E-state index in [0.717, 1.165) is 41.0 Å². The van der Waals surface area contributed by atoms with Crippen LogP contribution in [0.5, 0.6) is 0 Å². The van der Waals surface area contributed by atoms with Crippen molar-refractivity contribution in [3.8, 4) is 0 Å². The van der Waals surface area contributed by atoms with Gasteiger partial charge in [-0.3, -0.25) is 4.90 Å². The number of carbonyl (C=O) groups is 1. The van der Waals surface area contributed by atoms with Crippen molar-refractivity contribution in [1.82, 2.24) is 0 Å². The van der Waals surface area contributed by atoms with Crippen molar-refractivity contribution >= 4 is 28.5 Å². The molecule has 4 heterocycles. The molecular weight excluding hydrogens is 428 g/mol. The molecule has 0 radical (unpaired) electrons. The van der Waals surface area contributed by atoms with E-state index in [9.17, 15) is 4.79 Å². The van der Waals surface area contributed by atoms with Crippen molar-refractivity contribution in [1.29, 1.82) is 0 Å². The van der Waals surface area contributed by atoms with E-state index in [1.54, 1.807) is 16.2 Å². The first-order chi connectivity index (χ1) is 16.2. The number of carbonyl (C=O) groups excluding carboxylic acids is 1. The molecule has 5 heteroatoms. The minimum Gasteiger partial charge on any atom is -0.439 e. The summed E-state index contributed by atoms with van der Waals surface area (Å²) < 4.78 is 7.25. The molecule has 1 atom stereocenters. The van der Waals surface area contributed by atoms with E-state index >= 15 is 0 Å². The van der Waals surface area contributed by atoms with Crippen LogP contribution >= 0.6 is 11.3 Å². The molecule has 1 amide bonds. The van der Waals surface area contributed by atoms with Gasteiger partial charge in [0.15, 0.2) is 6.10 Å². The summed E-state index contributed by atoms with van der Waals surface area (Å²) in [5, 5.41) is 2.94. The fraction of sp³-hybridized carbons (Fsp3) is 0.321. The van der Waals surface area contributed by atoms with Crippen molar-refractivity contribution in [3.05, 3.63) is 95.4 Å². The summed E-state index contributed by atoms with van der Waals surface area (Å²) in [7, 11) is 0. The second-order valence-electron chi connectivity index (χ2n) is 9.25. The van der Waals surface area contributed by atoms with E-state index < -0.39 is 0 Å². The molecule has 0 spiro atoms. The molecular formula is C28H31N2O2S+. The fourth-order valence-corrected chi connectivity index (χ4v) is 5.92. The van der Waals surface area contributed by atoms with Gasteiger partial charge in [0.25, 0.3) is 0 Å². The van der Waals surface area contributed by atoms with Gasteiger partial charge in [0.2, 0.25) is 0 Å². The fourth-order valence-electron chi connectivity index (χ4n) is 5.20. The number of hydrogen-bond donors (Lipinski definition) is 0. The van der Waals surface area contributed by atoms with E-state index in [4.69, 9.17) is 4.74 Å². The molecule has 0 aliphatic carbocycles. The number of amides is 1. The number of benzene rings is 2. The van der Waals surface area contributed by atoms with E-state index in [-0.39, 0.29) is 12.2 Å². The van der Waals surface area contributed by atoms with Crippen LogP contribution in [0.2, 0.25) is 0 Å². The number of hydrogen-bond acceptors (Lipinski definition) is 3. The number of quaternary nitrogens is 1. The zero-order valence-corrected chi connectivity index (χ0v) is 19.7. The monoisotopic (exact) mass is 459 g/mol.